The molecule has 0 spiro atoms. The van der Waals surface area contributed by atoms with E-state index >= 15 is 0 Å². The number of esters is 2. The van der Waals surface area contributed by atoms with Crippen LogP contribution >= 0.6 is 15.1 Å². The fraction of sp³-hybridized carbons (Fsp3) is 0.645. The highest BCUT2D eigenvalue weighted by atomic mass is 32.2. The minimum absolute atomic E-state index is 0.0301. The zero-order chi connectivity index (χ0) is 43.9. The van der Waals surface area contributed by atoms with Crippen LogP contribution in [-0.2, 0) is 67.0 Å². The summed E-state index contributed by atoms with van der Waals surface area (Å²) in [6.07, 6.45) is 5.81. The van der Waals surface area contributed by atoms with Crippen LogP contribution in [0.1, 0.15) is 82.1 Å². The molecule has 302 valence electrons. The van der Waals surface area contributed by atoms with Gasteiger partial charge in [-0.2, -0.15) is 0 Å². The second-order valence-electron chi connectivity index (χ2n) is 10.1. The van der Waals surface area contributed by atoms with Gasteiger partial charge in [0.1, 0.15) is 39.4 Å². The number of carbonyl (C=O) groups excluding carboxylic acids is 9. The largest absolute Gasteiger partial charge is 0.631 e. The van der Waals surface area contributed by atoms with Gasteiger partial charge in [-0.05, 0) is 41.3 Å². The van der Waals surface area contributed by atoms with Crippen molar-refractivity contribution in [3.05, 3.63) is 0 Å². The SMILES string of the molecule is C=NC(C)=O.C=[P+](C)[O-].CC(=O)C(C)=O.CC(C)=O.CCC(=O)C(C)C(C)=O.COC(=O)CC(C)=O.COC(C)=O.CP(C)(=O)O.CS(C)(=O)=O. The number of ether oxygens (including phenoxy) is 2. The zero-order valence-corrected chi connectivity index (χ0v) is 35.8. The molecule has 0 fully saturated rings. The van der Waals surface area contributed by atoms with Gasteiger partial charge in [-0.25, -0.2) is 13.4 Å². The second kappa shape index (κ2) is 44.6. The van der Waals surface area contributed by atoms with E-state index in [1.54, 1.807) is 20.5 Å². The average Bonchev–Trinajstić information content (AvgIpc) is 2.90. The van der Waals surface area contributed by atoms with Crippen LogP contribution in [0.5, 0.6) is 0 Å². The lowest BCUT2D eigenvalue weighted by Gasteiger charge is -2.01. The van der Waals surface area contributed by atoms with E-state index in [4.69, 9.17) is 4.89 Å². The molecule has 0 saturated carbocycles. The number of nitrogens with zero attached hydrogens (tertiary/aromatic N) is 1. The normalized spacial score (nSPS) is 9.43. The van der Waals surface area contributed by atoms with Crippen LogP contribution in [0.15, 0.2) is 4.99 Å². The summed E-state index contributed by atoms with van der Waals surface area (Å²) in [7, 11) is -3.82. The molecule has 20 heteroatoms. The number of hydrogen-bond acceptors (Lipinski definition) is 15. The highest BCUT2D eigenvalue weighted by Gasteiger charge is 2.14. The van der Waals surface area contributed by atoms with Gasteiger partial charge in [0.25, 0.3) is 0 Å². The van der Waals surface area contributed by atoms with Gasteiger partial charge in [0.2, 0.25) is 5.91 Å². The number of carbonyl (C=O) groups is 9. The van der Waals surface area contributed by atoms with Crippen LogP contribution in [0.4, 0.5) is 0 Å². The lowest BCUT2D eigenvalue weighted by molar-refractivity contribution is -0.151. The van der Waals surface area contributed by atoms with Gasteiger partial charge in [-0.3, -0.25) is 42.9 Å². The molecular weight excluding hydrogens is 736 g/mol. The number of ketones is 6. The van der Waals surface area contributed by atoms with Crippen molar-refractivity contribution < 1.29 is 75.4 Å². The van der Waals surface area contributed by atoms with Crippen molar-refractivity contribution in [2.75, 3.05) is 46.7 Å². The van der Waals surface area contributed by atoms with Gasteiger partial charge in [0, 0.05) is 67.7 Å². The van der Waals surface area contributed by atoms with Gasteiger partial charge in [-0.1, -0.05) is 6.92 Å². The Hall–Kier alpha value is -3.43. The Balaban J connectivity index is -0.0000000564. The molecule has 0 aromatic carbocycles. The summed E-state index contributed by atoms with van der Waals surface area (Å²) >= 11 is 0. The van der Waals surface area contributed by atoms with Crippen molar-refractivity contribution in [2.24, 2.45) is 10.9 Å². The van der Waals surface area contributed by atoms with E-state index in [1.807, 2.05) is 0 Å². The number of Topliss-reactive ketones (excluding diaryl/α,β-unsaturated/α-hetero) is 6. The Labute approximate surface area is 305 Å². The Morgan fingerprint density at radius 1 is 0.843 bits per heavy atom. The van der Waals surface area contributed by atoms with Crippen molar-refractivity contribution in [1.29, 1.82) is 0 Å². The third-order valence-electron chi connectivity index (χ3n) is 3.07. The van der Waals surface area contributed by atoms with E-state index < -0.39 is 36.9 Å². The molecule has 0 heterocycles. The molecule has 0 bridgehead atoms. The molecular formula is C31H61NO16P2S. The molecule has 0 aliphatic carbocycles. The predicted molar refractivity (Wildman–Crippen MR) is 201 cm³/mol. The first-order chi connectivity index (χ1) is 22.4. The fourth-order valence-corrected chi connectivity index (χ4v) is 0.808. The number of aliphatic imine (C=N–C) groups is 1. The van der Waals surface area contributed by atoms with Crippen molar-refractivity contribution in [3.63, 3.8) is 0 Å². The van der Waals surface area contributed by atoms with Gasteiger partial charge < -0.3 is 24.1 Å². The van der Waals surface area contributed by atoms with Crippen molar-refractivity contribution in [2.45, 2.75) is 82.1 Å². The lowest BCUT2D eigenvalue weighted by Crippen LogP contribution is -2.16. The van der Waals surface area contributed by atoms with Gasteiger partial charge in [-0.15, -0.1) is 0 Å². The molecule has 0 rings (SSSR count). The van der Waals surface area contributed by atoms with Crippen LogP contribution in [0.3, 0.4) is 0 Å². The summed E-state index contributed by atoms with van der Waals surface area (Å²) in [5.74, 6) is -2.12. The topological polar surface area (TPSA) is 279 Å². The summed E-state index contributed by atoms with van der Waals surface area (Å²) < 4.78 is 37.3. The second-order valence-corrected chi connectivity index (χ2v) is 16.2. The molecule has 2 atom stereocenters. The summed E-state index contributed by atoms with van der Waals surface area (Å²) in [5, 5.41) is 0. The molecule has 0 aliphatic heterocycles. The predicted octanol–water partition coefficient (Wildman–Crippen LogP) is 2.48. The van der Waals surface area contributed by atoms with E-state index in [0.717, 1.165) is 12.5 Å². The average molecular weight is 798 g/mol. The molecule has 0 saturated heterocycles. The van der Waals surface area contributed by atoms with Crippen LogP contribution in [0.2, 0.25) is 0 Å². The molecule has 17 nitrogen and oxygen atoms in total. The first-order valence-corrected chi connectivity index (χ1v) is 20.9. The molecule has 1 amide bonds. The number of methoxy groups -OCH3 is 2. The Morgan fingerprint density at radius 3 is 1.10 bits per heavy atom. The summed E-state index contributed by atoms with van der Waals surface area (Å²) in [4.78, 5) is 110. The van der Waals surface area contributed by atoms with Crippen LogP contribution in [-0.4, -0.2) is 126 Å². The highest BCUT2D eigenvalue weighted by molar-refractivity contribution is 7.89. The van der Waals surface area contributed by atoms with E-state index in [2.05, 4.69) is 27.5 Å². The first kappa shape index (κ1) is 69.3. The Kier molecular flexibility index (Phi) is 60.6. The van der Waals surface area contributed by atoms with Crippen molar-refractivity contribution in [1.82, 2.24) is 0 Å². The van der Waals surface area contributed by atoms with E-state index in [1.165, 1.54) is 82.9 Å². The van der Waals surface area contributed by atoms with Crippen LogP contribution in [0.25, 0.3) is 0 Å². The van der Waals surface area contributed by atoms with Crippen LogP contribution < -0.4 is 4.89 Å². The van der Waals surface area contributed by atoms with Gasteiger partial charge in [0.15, 0.2) is 18.9 Å². The number of hydrogen-bond donors (Lipinski definition) is 1. The quantitative estimate of drug-likeness (QED) is 0.133. The van der Waals surface area contributed by atoms with Crippen molar-refractivity contribution >= 4 is 90.5 Å². The third-order valence-corrected chi connectivity index (χ3v) is 3.07. The Bertz CT molecular complexity index is 1190. The maximum atomic E-state index is 10.7. The van der Waals surface area contributed by atoms with E-state index in [-0.39, 0.29) is 53.0 Å². The Morgan fingerprint density at radius 2 is 1.06 bits per heavy atom. The molecule has 1 N–H and O–H groups in total. The number of rotatable bonds is 6. The smallest absolute Gasteiger partial charge is 0.313 e. The van der Waals surface area contributed by atoms with E-state index in [0.29, 0.717) is 6.42 Å². The zero-order valence-electron chi connectivity index (χ0n) is 33.2. The first-order valence-electron chi connectivity index (χ1n) is 14.1. The minimum atomic E-state index is -2.67. The summed E-state index contributed by atoms with van der Waals surface area (Å²) in [6, 6.07) is 0. The number of amides is 1. The monoisotopic (exact) mass is 797 g/mol. The van der Waals surface area contributed by atoms with Crippen LogP contribution in [0, 0.1) is 5.92 Å². The standard InChI is InChI=1S/C7H12O2.C5H8O3.C4H6O2.C3H5NO.C3H6O2.C3H6O.C2H7O2P.C2H6O2S.C2H5OP/c1-4-7(9)5(2)6(3)8;1-4(6)3-5(7)8-2;1-3(5)4(2)6;1-3(5)4-2;1-3(4)5-2;1-3(2)4;2*1-5(2,3)4;1-4(2)3/h5H,4H2,1-3H3;3H2,1-2H3;1-2H3;2H2,1H3;1-2H3;1-2H3;1-2H3,(H,3,4);1-2H3;1H2,2H3. The van der Waals surface area contributed by atoms with E-state index in [9.17, 15) is 61.0 Å². The molecule has 0 aromatic heterocycles. The molecule has 0 aliphatic rings. The molecule has 2 unspecified atom stereocenters. The maximum absolute atomic E-state index is 10.7. The molecule has 0 radical (unpaired) electrons. The summed E-state index contributed by atoms with van der Waals surface area (Å²) in [5.41, 5.74) is 0. The third kappa shape index (κ3) is 219. The number of sulfone groups is 1. The van der Waals surface area contributed by atoms with Gasteiger partial charge in [0.05, 0.1) is 33.1 Å². The minimum Gasteiger partial charge on any atom is -0.631 e. The highest BCUT2D eigenvalue weighted by Crippen LogP contribution is 2.27. The van der Waals surface area contributed by atoms with Gasteiger partial charge >= 0.3 is 11.9 Å². The molecule has 0 aromatic rings. The van der Waals surface area contributed by atoms with Crippen molar-refractivity contribution in [3.8, 4) is 0 Å². The summed E-state index contributed by atoms with van der Waals surface area (Å²) in [6.45, 7) is 21.6. The fourth-order valence-electron chi connectivity index (χ4n) is 0.808. The maximum Gasteiger partial charge on any atom is 0.313 e. The lowest BCUT2D eigenvalue weighted by atomic mass is 10.0. The molecule has 51 heavy (non-hydrogen) atoms.